The number of sulfonamides is 1. The first-order valence-corrected chi connectivity index (χ1v) is 10.8. The molecular weight excluding hydrogens is 352 g/mol. The molecule has 1 aromatic carbocycles. The Balaban J connectivity index is 2.18. The lowest BCUT2D eigenvalue weighted by Gasteiger charge is -2.27. The summed E-state index contributed by atoms with van der Waals surface area (Å²) in [5, 5.41) is 0. The van der Waals surface area contributed by atoms with Crippen molar-refractivity contribution in [2.75, 3.05) is 20.2 Å². The quantitative estimate of drug-likeness (QED) is 0.787. The van der Waals surface area contributed by atoms with Gasteiger partial charge >= 0.3 is 0 Å². The van der Waals surface area contributed by atoms with E-state index in [0.717, 1.165) is 25.7 Å². The maximum Gasteiger partial charge on any atom is 0.241 e. The molecule has 0 aromatic heterocycles. The first-order valence-electron chi connectivity index (χ1n) is 9.28. The zero-order valence-electron chi connectivity index (χ0n) is 15.9. The minimum atomic E-state index is -3.78. The second kappa shape index (κ2) is 9.37. The maximum absolute atomic E-state index is 13.0. The molecule has 2 rings (SSSR count). The average molecular weight is 383 g/mol. The Bertz CT molecular complexity index is 678. The molecule has 7 heteroatoms. The molecule has 1 amide bonds. The summed E-state index contributed by atoms with van der Waals surface area (Å²) in [6, 6.07) is 5.44. The molecule has 0 radical (unpaired) electrons. The number of hydrogen-bond acceptors (Lipinski definition) is 4. The summed E-state index contributed by atoms with van der Waals surface area (Å²) in [5.74, 6) is 0.676. The molecule has 1 heterocycles. The number of amides is 1. The Morgan fingerprint density at radius 2 is 1.69 bits per heavy atom. The van der Waals surface area contributed by atoms with Crippen LogP contribution in [-0.2, 0) is 14.8 Å². The van der Waals surface area contributed by atoms with Crippen LogP contribution in [0, 0.1) is 5.92 Å². The number of carbonyl (C=O) groups is 1. The molecule has 0 aliphatic carbocycles. The number of ether oxygens (including phenoxy) is 1. The fourth-order valence-corrected chi connectivity index (χ4v) is 4.39. The van der Waals surface area contributed by atoms with E-state index in [1.54, 1.807) is 12.1 Å². The van der Waals surface area contributed by atoms with Gasteiger partial charge in [0.1, 0.15) is 11.8 Å². The molecule has 1 aliphatic rings. The van der Waals surface area contributed by atoms with E-state index < -0.39 is 16.1 Å². The van der Waals surface area contributed by atoms with Crippen LogP contribution < -0.4 is 9.46 Å². The van der Waals surface area contributed by atoms with E-state index >= 15 is 0 Å². The van der Waals surface area contributed by atoms with Crippen LogP contribution in [0.25, 0.3) is 0 Å². The summed E-state index contributed by atoms with van der Waals surface area (Å²) in [6.45, 7) is 5.39. The van der Waals surface area contributed by atoms with Crippen molar-refractivity contribution < 1.29 is 17.9 Å². The summed E-state index contributed by atoms with van der Waals surface area (Å²) in [5.41, 5.74) is 0. The summed E-state index contributed by atoms with van der Waals surface area (Å²) < 4.78 is 33.2. The highest BCUT2D eigenvalue weighted by molar-refractivity contribution is 7.89. The predicted octanol–water partition coefficient (Wildman–Crippen LogP) is 2.79. The van der Waals surface area contributed by atoms with Gasteiger partial charge in [-0.25, -0.2) is 8.42 Å². The van der Waals surface area contributed by atoms with Crippen molar-refractivity contribution in [2.45, 2.75) is 56.9 Å². The predicted molar refractivity (Wildman–Crippen MR) is 102 cm³/mol. The Morgan fingerprint density at radius 1 is 1.12 bits per heavy atom. The lowest BCUT2D eigenvalue weighted by atomic mass is 10.0. The number of carbonyl (C=O) groups excluding carboxylic acids is 1. The van der Waals surface area contributed by atoms with Gasteiger partial charge in [-0.2, -0.15) is 4.72 Å². The van der Waals surface area contributed by atoms with Crippen LogP contribution in [0.2, 0.25) is 0 Å². The van der Waals surface area contributed by atoms with Crippen LogP contribution in [-0.4, -0.2) is 45.5 Å². The monoisotopic (exact) mass is 382 g/mol. The number of nitrogens with zero attached hydrogens (tertiary/aromatic N) is 1. The Hall–Kier alpha value is -1.60. The molecule has 26 heavy (non-hydrogen) atoms. The molecule has 0 bridgehead atoms. The van der Waals surface area contributed by atoms with Crippen LogP contribution in [0.3, 0.4) is 0 Å². The third-order valence-corrected chi connectivity index (χ3v) is 6.08. The SMILES string of the molecule is COc1ccc(S(=O)(=O)NC(CC(C)C)C(=O)N2CCCCCC2)cc1. The maximum atomic E-state index is 13.0. The van der Waals surface area contributed by atoms with E-state index in [1.807, 2.05) is 18.7 Å². The van der Waals surface area contributed by atoms with Gasteiger partial charge in [-0.1, -0.05) is 26.7 Å². The van der Waals surface area contributed by atoms with Crippen molar-refractivity contribution in [3.8, 4) is 5.75 Å². The number of methoxy groups -OCH3 is 1. The van der Waals surface area contributed by atoms with Gasteiger partial charge in [0.2, 0.25) is 15.9 Å². The molecule has 1 aliphatic heterocycles. The molecule has 1 atom stereocenters. The van der Waals surface area contributed by atoms with Crippen molar-refractivity contribution in [3.05, 3.63) is 24.3 Å². The number of hydrogen-bond donors (Lipinski definition) is 1. The van der Waals surface area contributed by atoms with E-state index in [9.17, 15) is 13.2 Å². The zero-order valence-corrected chi connectivity index (χ0v) is 16.7. The van der Waals surface area contributed by atoms with E-state index in [0.29, 0.717) is 25.3 Å². The normalized spacial score (nSPS) is 17.0. The van der Waals surface area contributed by atoms with Gasteiger partial charge < -0.3 is 9.64 Å². The van der Waals surface area contributed by atoms with Gasteiger partial charge in [-0.15, -0.1) is 0 Å². The van der Waals surface area contributed by atoms with E-state index in [-0.39, 0.29) is 16.7 Å². The Morgan fingerprint density at radius 3 is 2.19 bits per heavy atom. The highest BCUT2D eigenvalue weighted by Crippen LogP contribution is 2.19. The van der Waals surface area contributed by atoms with Crippen molar-refractivity contribution >= 4 is 15.9 Å². The highest BCUT2D eigenvalue weighted by Gasteiger charge is 2.30. The van der Waals surface area contributed by atoms with Gasteiger partial charge in [0.15, 0.2) is 0 Å². The van der Waals surface area contributed by atoms with E-state index in [2.05, 4.69) is 4.72 Å². The van der Waals surface area contributed by atoms with Crippen LogP contribution in [0.15, 0.2) is 29.2 Å². The average Bonchev–Trinajstić information content (AvgIpc) is 2.89. The van der Waals surface area contributed by atoms with Crippen LogP contribution >= 0.6 is 0 Å². The zero-order chi connectivity index (χ0) is 19.2. The number of benzene rings is 1. The topological polar surface area (TPSA) is 75.7 Å². The summed E-state index contributed by atoms with van der Waals surface area (Å²) in [7, 11) is -2.25. The number of likely N-dealkylation sites (tertiary alicyclic amines) is 1. The van der Waals surface area contributed by atoms with Gasteiger partial charge in [0, 0.05) is 13.1 Å². The molecule has 0 saturated carbocycles. The summed E-state index contributed by atoms with van der Waals surface area (Å²) in [6.07, 6.45) is 4.67. The molecule has 146 valence electrons. The molecule has 6 nitrogen and oxygen atoms in total. The molecule has 1 unspecified atom stereocenters. The van der Waals surface area contributed by atoms with Crippen LogP contribution in [0.1, 0.15) is 46.0 Å². The van der Waals surface area contributed by atoms with Crippen molar-refractivity contribution in [1.82, 2.24) is 9.62 Å². The highest BCUT2D eigenvalue weighted by atomic mass is 32.2. The first kappa shape index (κ1) is 20.7. The Labute approximate surface area is 157 Å². The van der Waals surface area contributed by atoms with Gasteiger partial charge in [-0.3, -0.25) is 4.79 Å². The van der Waals surface area contributed by atoms with E-state index in [4.69, 9.17) is 4.74 Å². The molecule has 0 spiro atoms. The van der Waals surface area contributed by atoms with Gasteiger partial charge in [-0.05, 0) is 49.4 Å². The lowest BCUT2D eigenvalue weighted by molar-refractivity contribution is -0.133. The lowest BCUT2D eigenvalue weighted by Crippen LogP contribution is -2.49. The minimum Gasteiger partial charge on any atom is -0.497 e. The van der Waals surface area contributed by atoms with Gasteiger partial charge in [0.25, 0.3) is 0 Å². The van der Waals surface area contributed by atoms with Crippen molar-refractivity contribution in [1.29, 1.82) is 0 Å². The van der Waals surface area contributed by atoms with Crippen molar-refractivity contribution in [2.24, 2.45) is 5.92 Å². The third kappa shape index (κ3) is 5.71. The molecular formula is C19H30N2O4S. The van der Waals surface area contributed by atoms with Gasteiger partial charge in [0.05, 0.1) is 12.0 Å². The fourth-order valence-electron chi connectivity index (χ4n) is 3.19. The minimum absolute atomic E-state index is 0.113. The summed E-state index contributed by atoms with van der Waals surface area (Å²) >= 11 is 0. The second-order valence-electron chi connectivity index (χ2n) is 7.22. The van der Waals surface area contributed by atoms with E-state index in [1.165, 1.54) is 19.2 Å². The third-order valence-electron chi connectivity index (χ3n) is 4.59. The molecule has 1 N–H and O–H groups in total. The first-order chi connectivity index (χ1) is 12.3. The van der Waals surface area contributed by atoms with Crippen LogP contribution in [0.5, 0.6) is 5.75 Å². The number of rotatable bonds is 7. The van der Waals surface area contributed by atoms with Crippen molar-refractivity contribution in [3.63, 3.8) is 0 Å². The summed E-state index contributed by atoms with van der Waals surface area (Å²) in [4.78, 5) is 14.9. The Kier molecular flexibility index (Phi) is 7.46. The molecule has 1 aromatic rings. The molecule has 1 saturated heterocycles. The molecule has 1 fully saturated rings. The smallest absolute Gasteiger partial charge is 0.241 e. The number of nitrogens with one attached hydrogen (secondary N) is 1. The second-order valence-corrected chi connectivity index (χ2v) is 8.93. The largest absolute Gasteiger partial charge is 0.497 e. The standard InChI is InChI=1S/C19H30N2O4S/c1-15(2)14-18(19(22)21-12-6-4-5-7-13-21)20-26(23,24)17-10-8-16(25-3)9-11-17/h8-11,15,18,20H,4-7,12-14H2,1-3H3. The van der Waals surface area contributed by atoms with Crippen LogP contribution in [0.4, 0.5) is 0 Å². The fraction of sp³-hybridized carbons (Fsp3) is 0.632.